The average molecular weight is 545 g/mol. The molecular weight excluding hydrogens is 515 g/mol. The van der Waals surface area contributed by atoms with Crippen LogP contribution < -0.4 is 15.4 Å². The molecule has 0 aliphatic carbocycles. The van der Waals surface area contributed by atoms with Gasteiger partial charge in [-0.05, 0) is 49.6 Å². The van der Waals surface area contributed by atoms with Crippen molar-refractivity contribution in [2.45, 2.75) is 31.3 Å². The molecule has 0 radical (unpaired) electrons. The smallest absolute Gasteiger partial charge is 0.191 e. The second-order valence-corrected chi connectivity index (χ2v) is 7.59. The molecule has 1 aliphatic heterocycles. The van der Waals surface area contributed by atoms with Gasteiger partial charge in [0.1, 0.15) is 23.5 Å². The van der Waals surface area contributed by atoms with Crippen LogP contribution in [0.4, 0.5) is 8.78 Å². The number of hydrogen-bond acceptors (Lipinski definition) is 3. The zero-order valence-electron chi connectivity index (χ0n) is 17.9. The first-order valence-electron chi connectivity index (χ1n) is 10.2. The van der Waals surface area contributed by atoms with Crippen LogP contribution in [0.15, 0.2) is 53.5 Å². The second-order valence-electron chi connectivity index (χ2n) is 7.59. The van der Waals surface area contributed by atoms with Crippen molar-refractivity contribution >= 4 is 29.9 Å². The van der Waals surface area contributed by atoms with Gasteiger partial charge in [0.05, 0.1) is 6.54 Å². The number of guanidine groups is 1. The lowest BCUT2D eigenvalue weighted by Crippen LogP contribution is -2.49. The lowest BCUT2D eigenvalue weighted by molar-refractivity contribution is 0.0513. The van der Waals surface area contributed by atoms with Crippen molar-refractivity contribution in [1.82, 2.24) is 10.6 Å². The van der Waals surface area contributed by atoms with Crippen molar-refractivity contribution in [3.8, 4) is 5.75 Å². The van der Waals surface area contributed by atoms with Gasteiger partial charge in [-0.15, -0.1) is 24.0 Å². The summed E-state index contributed by atoms with van der Waals surface area (Å²) in [6.07, 6.45) is 1.52. The van der Waals surface area contributed by atoms with Gasteiger partial charge in [0, 0.05) is 38.3 Å². The van der Waals surface area contributed by atoms with Crippen LogP contribution >= 0.6 is 24.0 Å². The molecule has 8 heteroatoms. The molecule has 2 aromatic carbocycles. The number of nitrogens with one attached hydrogen (secondary N) is 2. The number of aliphatic imine (C=N–C) groups is 1. The van der Waals surface area contributed by atoms with Gasteiger partial charge in [-0.3, -0.25) is 4.99 Å². The van der Waals surface area contributed by atoms with Gasteiger partial charge in [-0.1, -0.05) is 18.2 Å². The van der Waals surface area contributed by atoms with Gasteiger partial charge in [-0.25, -0.2) is 8.78 Å². The van der Waals surface area contributed by atoms with E-state index in [1.807, 2.05) is 19.1 Å². The van der Waals surface area contributed by atoms with E-state index in [0.29, 0.717) is 38.0 Å². The fourth-order valence-corrected chi connectivity index (χ4v) is 3.66. The molecule has 170 valence electrons. The third-order valence-corrected chi connectivity index (χ3v) is 5.41. The van der Waals surface area contributed by atoms with Crippen LogP contribution in [0.1, 0.15) is 25.3 Å². The van der Waals surface area contributed by atoms with E-state index in [0.717, 1.165) is 18.4 Å². The van der Waals surface area contributed by atoms with E-state index in [1.54, 1.807) is 19.2 Å². The molecule has 31 heavy (non-hydrogen) atoms. The highest BCUT2D eigenvalue weighted by Gasteiger charge is 2.34. The highest BCUT2D eigenvalue weighted by atomic mass is 127. The maximum Gasteiger partial charge on any atom is 0.191 e. The molecule has 5 nitrogen and oxygen atoms in total. The molecule has 0 amide bonds. The predicted molar refractivity (Wildman–Crippen MR) is 129 cm³/mol. The standard InChI is InChI=1S/C23H29F2N3O2.HI/c1-17(30-21-5-3-4-20(25)14-21)15-27-22(26-2)28-16-23(10-12-29-13-11-23)18-6-8-19(24)9-7-18;/h3-9,14,17H,10-13,15-16H2,1-2H3,(H2,26,27,28);1H. The van der Waals surface area contributed by atoms with Gasteiger partial charge in [0.25, 0.3) is 0 Å². The Morgan fingerprint density at radius 1 is 1.10 bits per heavy atom. The number of nitrogens with zero attached hydrogens (tertiary/aromatic N) is 1. The van der Waals surface area contributed by atoms with Gasteiger partial charge >= 0.3 is 0 Å². The molecule has 1 unspecified atom stereocenters. The summed E-state index contributed by atoms with van der Waals surface area (Å²) in [7, 11) is 1.71. The summed E-state index contributed by atoms with van der Waals surface area (Å²) in [5.74, 6) is 0.578. The molecule has 2 aromatic rings. The van der Waals surface area contributed by atoms with E-state index in [4.69, 9.17) is 9.47 Å². The van der Waals surface area contributed by atoms with Crippen molar-refractivity contribution in [2.75, 3.05) is 33.4 Å². The maximum atomic E-state index is 13.4. The molecule has 0 bridgehead atoms. The Morgan fingerprint density at radius 2 is 1.81 bits per heavy atom. The molecule has 3 rings (SSSR count). The number of hydrogen-bond donors (Lipinski definition) is 2. The molecule has 1 aliphatic rings. The van der Waals surface area contributed by atoms with Crippen molar-refractivity contribution in [3.63, 3.8) is 0 Å². The predicted octanol–water partition coefficient (Wildman–Crippen LogP) is 4.26. The van der Waals surface area contributed by atoms with Gasteiger partial charge < -0.3 is 20.1 Å². The summed E-state index contributed by atoms with van der Waals surface area (Å²) in [6.45, 7) is 4.40. The first-order chi connectivity index (χ1) is 14.5. The molecule has 2 N–H and O–H groups in total. The number of rotatable bonds is 7. The Hall–Kier alpha value is -1.94. The minimum absolute atomic E-state index is 0. The summed E-state index contributed by atoms with van der Waals surface area (Å²) in [5, 5.41) is 6.65. The van der Waals surface area contributed by atoms with E-state index in [9.17, 15) is 8.78 Å². The lowest BCUT2D eigenvalue weighted by Gasteiger charge is -2.38. The highest BCUT2D eigenvalue weighted by molar-refractivity contribution is 14.0. The molecule has 0 spiro atoms. The fraction of sp³-hybridized carbons (Fsp3) is 0.435. The topological polar surface area (TPSA) is 54.9 Å². The Balaban J connectivity index is 0.00000341. The van der Waals surface area contributed by atoms with E-state index in [2.05, 4.69) is 15.6 Å². The van der Waals surface area contributed by atoms with Crippen molar-refractivity contribution in [1.29, 1.82) is 0 Å². The van der Waals surface area contributed by atoms with Gasteiger partial charge in [0.2, 0.25) is 0 Å². The summed E-state index contributed by atoms with van der Waals surface area (Å²) in [6, 6.07) is 12.8. The van der Waals surface area contributed by atoms with Crippen molar-refractivity contribution in [3.05, 3.63) is 65.7 Å². The van der Waals surface area contributed by atoms with Crippen LogP contribution in [-0.4, -0.2) is 45.4 Å². The zero-order chi connectivity index (χ0) is 21.4. The summed E-state index contributed by atoms with van der Waals surface area (Å²) in [5.41, 5.74) is 0.950. The van der Waals surface area contributed by atoms with Crippen LogP contribution in [-0.2, 0) is 10.2 Å². The third kappa shape index (κ3) is 7.31. The first-order valence-corrected chi connectivity index (χ1v) is 10.2. The van der Waals surface area contributed by atoms with Crippen LogP contribution in [0.2, 0.25) is 0 Å². The summed E-state index contributed by atoms with van der Waals surface area (Å²) < 4.78 is 38.0. The molecule has 1 heterocycles. The summed E-state index contributed by atoms with van der Waals surface area (Å²) >= 11 is 0. The highest BCUT2D eigenvalue weighted by Crippen LogP contribution is 2.34. The normalized spacial score (nSPS) is 16.7. The molecule has 1 atom stereocenters. The SMILES string of the molecule is CN=C(NCC(C)Oc1cccc(F)c1)NCC1(c2ccc(F)cc2)CCOCC1.I. The van der Waals surface area contributed by atoms with E-state index in [-0.39, 0.29) is 47.1 Å². The lowest BCUT2D eigenvalue weighted by atomic mass is 9.74. The molecule has 0 saturated carbocycles. The Bertz CT molecular complexity index is 843. The minimum Gasteiger partial charge on any atom is -0.489 e. The second kappa shape index (κ2) is 12.2. The number of halogens is 3. The van der Waals surface area contributed by atoms with Gasteiger partial charge in [-0.2, -0.15) is 0 Å². The zero-order valence-corrected chi connectivity index (χ0v) is 20.2. The van der Waals surface area contributed by atoms with Crippen LogP contribution in [0.25, 0.3) is 0 Å². The molecule has 0 aromatic heterocycles. The first kappa shape index (κ1) is 25.3. The Morgan fingerprint density at radius 3 is 2.45 bits per heavy atom. The van der Waals surface area contributed by atoms with Crippen LogP contribution in [0.5, 0.6) is 5.75 Å². The van der Waals surface area contributed by atoms with E-state index < -0.39 is 0 Å². The summed E-state index contributed by atoms with van der Waals surface area (Å²) in [4.78, 5) is 4.29. The quantitative estimate of drug-likeness (QED) is 0.310. The van der Waals surface area contributed by atoms with Crippen molar-refractivity contribution < 1.29 is 18.3 Å². The van der Waals surface area contributed by atoms with Crippen LogP contribution in [0, 0.1) is 11.6 Å². The molecular formula is C23H30F2IN3O2. The van der Waals surface area contributed by atoms with Crippen molar-refractivity contribution in [2.24, 2.45) is 4.99 Å². The molecule has 1 fully saturated rings. The third-order valence-electron chi connectivity index (χ3n) is 5.41. The average Bonchev–Trinajstić information content (AvgIpc) is 2.75. The number of benzene rings is 2. The Kier molecular flexibility index (Phi) is 9.95. The van der Waals surface area contributed by atoms with E-state index in [1.165, 1.54) is 24.3 Å². The monoisotopic (exact) mass is 545 g/mol. The van der Waals surface area contributed by atoms with Gasteiger partial charge in [0.15, 0.2) is 5.96 Å². The largest absolute Gasteiger partial charge is 0.489 e. The number of ether oxygens (including phenoxy) is 2. The van der Waals surface area contributed by atoms with Crippen LogP contribution in [0.3, 0.4) is 0 Å². The minimum atomic E-state index is -0.326. The fourth-order valence-electron chi connectivity index (χ4n) is 3.66. The Labute approximate surface area is 199 Å². The maximum absolute atomic E-state index is 13.4. The molecule has 1 saturated heterocycles. The van der Waals surface area contributed by atoms with E-state index >= 15 is 0 Å².